The number of ketones is 1. The Hall–Kier alpha value is -2.99. The molecule has 3 aromatic rings. The van der Waals surface area contributed by atoms with Gasteiger partial charge in [-0.05, 0) is 50.3 Å². The lowest BCUT2D eigenvalue weighted by Gasteiger charge is -2.11. The molecule has 0 unspecified atom stereocenters. The van der Waals surface area contributed by atoms with Gasteiger partial charge in [-0.2, -0.15) is 0 Å². The number of aromatic nitrogens is 1. The van der Waals surface area contributed by atoms with E-state index in [1.165, 1.54) is 24.3 Å². The van der Waals surface area contributed by atoms with Gasteiger partial charge in [-0.1, -0.05) is 12.1 Å². The fraction of sp³-hybridized carbons (Fsp3) is 0.190. The smallest absolute Gasteiger partial charge is 0.331 e. The summed E-state index contributed by atoms with van der Waals surface area (Å²) in [6.07, 6.45) is 3.00. The van der Waals surface area contributed by atoms with Crippen LogP contribution in [-0.4, -0.2) is 23.3 Å². The molecular weight excluding hydrogens is 362 g/mol. The van der Waals surface area contributed by atoms with E-state index in [0.29, 0.717) is 23.5 Å². The molecule has 0 atom stereocenters. The Morgan fingerprint density at radius 2 is 2.00 bits per heavy atom. The standard InChI is InChI=1S/C21H19NO4S/c1-3-25-18-9-8-15(14(2)23)12-16(18)13-26-21(24)11-10-20-22-17-6-4-5-7-19(17)27-20/h4-12H,3,13H2,1-2H3/b11-10-. The van der Waals surface area contributed by atoms with Crippen molar-refractivity contribution in [3.63, 3.8) is 0 Å². The molecule has 0 amide bonds. The molecule has 0 aliphatic carbocycles. The summed E-state index contributed by atoms with van der Waals surface area (Å²) in [4.78, 5) is 28.1. The third-order valence-electron chi connectivity index (χ3n) is 3.81. The second kappa shape index (κ2) is 8.60. The van der Waals surface area contributed by atoms with E-state index in [1.807, 2.05) is 31.2 Å². The summed E-state index contributed by atoms with van der Waals surface area (Å²) >= 11 is 1.50. The van der Waals surface area contributed by atoms with Crippen LogP contribution in [0.2, 0.25) is 0 Å². The topological polar surface area (TPSA) is 65.5 Å². The van der Waals surface area contributed by atoms with Crippen LogP contribution in [0.4, 0.5) is 0 Å². The molecule has 0 fully saturated rings. The Balaban J connectivity index is 1.67. The second-order valence-corrected chi connectivity index (χ2v) is 6.83. The normalized spacial score (nSPS) is 11.0. The molecule has 6 heteroatoms. The van der Waals surface area contributed by atoms with Crippen LogP contribution < -0.4 is 4.74 Å². The molecule has 0 saturated heterocycles. The summed E-state index contributed by atoms with van der Waals surface area (Å²) in [5.74, 6) is 0.0664. The number of nitrogens with zero attached hydrogens (tertiary/aromatic N) is 1. The highest BCUT2D eigenvalue weighted by molar-refractivity contribution is 7.19. The summed E-state index contributed by atoms with van der Waals surface area (Å²) in [7, 11) is 0. The zero-order valence-electron chi connectivity index (χ0n) is 15.1. The first kappa shape index (κ1) is 18.8. The number of carbonyl (C=O) groups excluding carboxylic acids is 2. The van der Waals surface area contributed by atoms with Gasteiger partial charge in [0, 0.05) is 17.2 Å². The number of hydrogen-bond donors (Lipinski definition) is 0. The maximum Gasteiger partial charge on any atom is 0.331 e. The van der Waals surface area contributed by atoms with Crippen molar-refractivity contribution in [3.05, 3.63) is 64.7 Å². The zero-order chi connectivity index (χ0) is 19.2. The maximum absolute atomic E-state index is 12.1. The van der Waals surface area contributed by atoms with E-state index < -0.39 is 5.97 Å². The van der Waals surface area contributed by atoms with E-state index in [1.54, 1.807) is 24.3 Å². The fourth-order valence-corrected chi connectivity index (χ4v) is 3.38. The average Bonchev–Trinajstić information content (AvgIpc) is 3.08. The summed E-state index contributed by atoms with van der Waals surface area (Å²) in [6, 6.07) is 12.9. The number of carbonyl (C=O) groups is 2. The maximum atomic E-state index is 12.1. The quantitative estimate of drug-likeness (QED) is 0.338. The molecule has 0 aliphatic rings. The van der Waals surface area contributed by atoms with Crippen molar-refractivity contribution in [1.82, 2.24) is 4.98 Å². The third kappa shape index (κ3) is 4.80. The van der Waals surface area contributed by atoms with E-state index in [4.69, 9.17) is 9.47 Å². The molecule has 2 aromatic carbocycles. The van der Waals surface area contributed by atoms with Crippen molar-refractivity contribution in [2.45, 2.75) is 20.5 Å². The van der Waals surface area contributed by atoms with Gasteiger partial charge in [0.1, 0.15) is 17.4 Å². The molecule has 0 bridgehead atoms. The zero-order valence-corrected chi connectivity index (χ0v) is 15.9. The lowest BCUT2D eigenvalue weighted by molar-refractivity contribution is -0.138. The van der Waals surface area contributed by atoms with Gasteiger partial charge in [-0.15, -0.1) is 11.3 Å². The van der Waals surface area contributed by atoms with Crippen molar-refractivity contribution in [2.75, 3.05) is 6.61 Å². The van der Waals surface area contributed by atoms with Gasteiger partial charge < -0.3 is 9.47 Å². The minimum Gasteiger partial charge on any atom is -0.493 e. The minimum absolute atomic E-state index is 0.0273. The van der Waals surface area contributed by atoms with Crippen LogP contribution in [0.25, 0.3) is 16.3 Å². The number of benzene rings is 2. The van der Waals surface area contributed by atoms with E-state index in [2.05, 4.69) is 4.98 Å². The van der Waals surface area contributed by atoms with Gasteiger partial charge in [0.15, 0.2) is 5.78 Å². The first-order valence-electron chi connectivity index (χ1n) is 8.54. The number of rotatable bonds is 7. The van der Waals surface area contributed by atoms with Crippen LogP contribution >= 0.6 is 11.3 Å². The number of para-hydroxylation sites is 1. The molecular formula is C21H19NO4S. The Morgan fingerprint density at radius 3 is 2.74 bits per heavy atom. The molecule has 0 N–H and O–H groups in total. The number of thiazole rings is 1. The number of hydrogen-bond acceptors (Lipinski definition) is 6. The Bertz CT molecular complexity index is 973. The molecule has 3 rings (SSSR count). The lowest BCUT2D eigenvalue weighted by Crippen LogP contribution is -2.05. The Kier molecular flexibility index (Phi) is 5.98. The van der Waals surface area contributed by atoms with Gasteiger partial charge >= 0.3 is 5.97 Å². The molecule has 1 aromatic heterocycles. The molecule has 27 heavy (non-hydrogen) atoms. The SMILES string of the molecule is CCOc1ccc(C(C)=O)cc1COC(=O)/C=C\c1nc2ccccc2s1. The summed E-state index contributed by atoms with van der Waals surface area (Å²) in [5.41, 5.74) is 2.11. The summed E-state index contributed by atoms with van der Waals surface area (Å²) in [6.45, 7) is 3.87. The summed E-state index contributed by atoms with van der Waals surface area (Å²) in [5, 5.41) is 0.738. The van der Waals surface area contributed by atoms with Crippen LogP contribution in [0, 0.1) is 0 Å². The highest BCUT2D eigenvalue weighted by atomic mass is 32.1. The first-order valence-corrected chi connectivity index (χ1v) is 9.35. The van der Waals surface area contributed by atoms with Gasteiger partial charge in [0.05, 0.1) is 16.8 Å². The minimum atomic E-state index is -0.482. The molecule has 0 aliphatic heterocycles. The predicted octanol–water partition coefficient (Wildman–Crippen LogP) is 4.65. The van der Waals surface area contributed by atoms with Crippen LogP contribution in [-0.2, 0) is 16.1 Å². The third-order valence-corrected chi connectivity index (χ3v) is 4.81. The molecule has 0 radical (unpaired) electrons. The van der Waals surface area contributed by atoms with Gasteiger partial charge in [-0.3, -0.25) is 4.79 Å². The van der Waals surface area contributed by atoms with E-state index in [9.17, 15) is 9.59 Å². The number of ether oxygens (including phenoxy) is 2. The van der Waals surface area contributed by atoms with Crippen molar-refractivity contribution >= 4 is 39.4 Å². The monoisotopic (exact) mass is 381 g/mol. The van der Waals surface area contributed by atoms with Crippen molar-refractivity contribution < 1.29 is 19.1 Å². The van der Waals surface area contributed by atoms with E-state index in [0.717, 1.165) is 15.2 Å². The van der Waals surface area contributed by atoms with Gasteiger partial charge in [-0.25, -0.2) is 9.78 Å². The van der Waals surface area contributed by atoms with Crippen molar-refractivity contribution in [2.24, 2.45) is 0 Å². The highest BCUT2D eigenvalue weighted by Crippen LogP contribution is 2.23. The lowest BCUT2D eigenvalue weighted by atomic mass is 10.1. The van der Waals surface area contributed by atoms with Crippen LogP contribution in [0.15, 0.2) is 48.5 Å². The molecule has 0 saturated carbocycles. The van der Waals surface area contributed by atoms with Crippen LogP contribution in [0.3, 0.4) is 0 Å². The highest BCUT2D eigenvalue weighted by Gasteiger charge is 2.10. The number of Topliss-reactive ketones (excluding diaryl/α,β-unsaturated/α-hetero) is 1. The van der Waals surface area contributed by atoms with Crippen LogP contribution in [0.1, 0.15) is 34.8 Å². The fourth-order valence-electron chi connectivity index (χ4n) is 2.51. The molecule has 0 spiro atoms. The van der Waals surface area contributed by atoms with Crippen LogP contribution in [0.5, 0.6) is 5.75 Å². The van der Waals surface area contributed by atoms with Gasteiger partial charge in [0.25, 0.3) is 0 Å². The van der Waals surface area contributed by atoms with Crippen molar-refractivity contribution in [3.8, 4) is 5.75 Å². The molecule has 5 nitrogen and oxygen atoms in total. The summed E-state index contributed by atoms with van der Waals surface area (Å²) < 4.78 is 11.9. The van der Waals surface area contributed by atoms with E-state index >= 15 is 0 Å². The van der Waals surface area contributed by atoms with E-state index in [-0.39, 0.29) is 12.4 Å². The Labute approximate surface area is 161 Å². The second-order valence-electron chi connectivity index (χ2n) is 5.77. The first-order chi connectivity index (χ1) is 13.1. The van der Waals surface area contributed by atoms with Crippen molar-refractivity contribution in [1.29, 1.82) is 0 Å². The number of fused-ring (bicyclic) bond motifs is 1. The predicted molar refractivity (Wildman–Crippen MR) is 106 cm³/mol. The molecule has 1 heterocycles. The van der Waals surface area contributed by atoms with Gasteiger partial charge in [0.2, 0.25) is 0 Å². The Morgan fingerprint density at radius 1 is 1.19 bits per heavy atom. The average molecular weight is 381 g/mol. The number of esters is 1. The molecule has 138 valence electrons. The largest absolute Gasteiger partial charge is 0.493 e.